The average Bonchev–Trinajstić information content (AvgIpc) is 3.31. The maximum atomic E-state index is 14.3. The van der Waals surface area contributed by atoms with Crippen LogP contribution in [0.5, 0.6) is 0 Å². The van der Waals surface area contributed by atoms with Gasteiger partial charge in [0, 0.05) is 35.3 Å². The van der Waals surface area contributed by atoms with Crippen molar-refractivity contribution in [1.29, 1.82) is 0 Å². The number of nitrogens with zero attached hydrogens (tertiary/aromatic N) is 4. The van der Waals surface area contributed by atoms with Crippen molar-refractivity contribution in [2.24, 2.45) is 0 Å². The molecule has 1 N–H and O–H groups in total. The number of nitrogens with one attached hydrogen (secondary N) is 1. The van der Waals surface area contributed by atoms with Crippen molar-refractivity contribution in [3.8, 4) is 11.4 Å². The first-order valence-electron chi connectivity index (χ1n) is 9.35. The Morgan fingerprint density at radius 3 is 2.28 bits per heavy atom. The smallest absolute Gasteiger partial charge is 0.207 e. The molecule has 1 heterocycles. The summed E-state index contributed by atoms with van der Waals surface area (Å²) in [5, 5.41) is 14.1. The van der Waals surface area contributed by atoms with Crippen molar-refractivity contribution in [3.05, 3.63) is 94.5 Å². The molecule has 0 saturated heterocycles. The Hall–Kier alpha value is -3.21. The van der Waals surface area contributed by atoms with E-state index in [9.17, 15) is 17.2 Å². The van der Waals surface area contributed by atoms with Crippen LogP contribution in [0.1, 0.15) is 11.1 Å². The lowest BCUT2D eigenvalue weighted by atomic mass is 10.1. The van der Waals surface area contributed by atoms with Crippen LogP contribution < -0.4 is 0 Å². The summed E-state index contributed by atoms with van der Waals surface area (Å²) in [6.07, 6.45) is 0. The highest BCUT2D eigenvalue weighted by atomic mass is 35.5. The Kier molecular flexibility index (Phi) is 6.26. The van der Waals surface area contributed by atoms with Gasteiger partial charge < -0.3 is 0 Å². The molecule has 164 valence electrons. The van der Waals surface area contributed by atoms with Crippen LogP contribution in [-0.4, -0.2) is 33.3 Å². The molecular weight excluding hydrogens is 460 g/mol. The molecule has 32 heavy (non-hydrogen) atoms. The second-order valence-corrected chi connectivity index (χ2v) is 9.27. The molecule has 0 aliphatic rings. The Morgan fingerprint density at radius 1 is 0.938 bits per heavy atom. The predicted molar refractivity (Wildman–Crippen MR) is 114 cm³/mol. The first kappa shape index (κ1) is 22.0. The van der Waals surface area contributed by atoms with Gasteiger partial charge in [0.15, 0.2) is 0 Å². The van der Waals surface area contributed by atoms with E-state index in [4.69, 9.17) is 11.6 Å². The number of benzene rings is 3. The van der Waals surface area contributed by atoms with Gasteiger partial charge in [-0.05, 0) is 41.1 Å². The van der Waals surface area contributed by atoms with Crippen LogP contribution in [0.15, 0.2) is 71.6 Å². The fourth-order valence-corrected chi connectivity index (χ4v) is 4.60. The summed E-state index contributed by atoms with van der Waals surface area (Å²) >= 11 is 5.88. The van der Waals surface area contributed by atoms with E-state index in [1.807, 2.05) is 0 Å². The maximum absolute atomic E-state index is 14.3. The maximum Gasteiger partial charge on any atom is 0.243 e. The number of hydrogen-bond acceptors (Lipinski definition) is 5. The summed E-state index contributed by atoms with van der Waals surface area (Å²) in [5.74, 6) is -1.17. The van der Waals surface area contributed by atoms with Crippen molar-refractivity contribution < 1.29 is 17.2 Å². The monoisotopic (exact) mass is 475 g/mol. The van der Waals surface area contributed by atoms with Gasteiger partial charge >= 0.3 is 0 Å². The Balaban J connectivity index is 1.67. The number of aromatic amines is 1. The SMILES string of the molecule is O=S(=O)(c1ccc(Cl)cc1)N(Cc1ccc(-c2nn[nH]n2)cc1)Cc1ccc(F)cc1F. The molecule has 1 aromatic heterocycles. The minimum absolute atomic E-state index is 0.00726. The lowest BCUT2D eigenvalue weighted by Gasteiger charge is -2.23. The molecule has 0 saturated carbocycles. The number of hydrogen-bond donors (Lipinski definition) is 1. The molecule has 0 aliphatic carbocycles. The molecule has 0 atom stereocenters. The molecule has 3 aromatic carbocycles. The molecule has 0 aliphatic heterocycles. The van der Waals surface area contributed by atoms with Crippen LogP contribution in [-0.2, 0) is 23.1 Å². The third-order valence-electron chi connectivity index (χ3n) is 4.73. The van der Waals surface area contributed by atoms with Gasteiger partial charge in [-0.15, -0.1) is 10.2 Å². The highest BCUT2D eigenvalue weighted by Gasteiger charge is 2.26. The summed E-state index contributed by atoms with van der Waals surface area (Å²) in [7, 11) is -4.02. The van der Waals surface area contributed by atoms with Crippen LogP contribution in [0.2, 0.25) is 5.02 Å². The molecule has 0 spiro atoms. The molecule has 4 rings (SSSR count). The van der Waals surface area contributed by atoms with Crippen molar-refractivity contribution in [2.45, 2.75) is 18.0 Å². The van der Waals surface area contributed by atoms with Crippen LogP contribution >= 0.6 is 11.6 Å². The van der Waals surface area contributed by atoms with E-state index < -0.39 is 21.7 Å². The Morgan fingerprint density at radius 2 is 1.66 bits per heavy atom. The van der Waals surface area contributed by atoms with Gasteiger partial charge in [-0.3, -0.25) is 0 Å². The third-order valence-corrected chi connectivity index (χ3v) is 6.79. The normalized spacial score (nSPS) is 11.8. The van der Waals surface area contributed by atoms with Gasteiger partial charge in [0.05, 0.1) is 4.90 Å². The zero-order chi connectivity index (χ0) is 22.7. The molecule has 11 heteroatoms. The van der Waals surface area contributed by atoms with Crippen molar-refractivity contribution in [1.82, 2.24) is 24.9 Å². The fraction of sp³-hybridized carbons (Fsp3) is 0.0952. The van der Waals surface area contributed by atoms with Crippen LogP contribution in [0, 0.1) is 11.6 Å². The third kappa shape index (κ3) is 4.82. The van der Waals surface area contributed by atoms with Crippen molar-refractivity contribution >= 4 is 21.6 Å². The Labute approximate surface area is 187 Å². The van der Waals surface area contributed by atoms with E-state index in [1.54, 1.807) is 24.3 Å². The first-order chi connectivity index (χ1) is 15.3. The molecule has 0 bridgehead atoms. The average molecular weight is 476 g/mol. The van der Waals surface area contributed by atoms with E-state index in [-0.39, 0.29) is 23.5 Å². The van der Waals surface area contributed by atoms with E-state index in [0.717, 1.165) is 16.4 Å². The molecule has 0 radical (unpaired) electrons. The Bertz CT molecular complexity index is 1320. The van der Waals surface area contributed by atoms with Crippen molar-refractivity contribution in [2.75, 3.05) is 0 Å². The van der Waals surface area contributed by atoms with Gasteiger partial charge in [-0.25, -0.2) is 17.2 Å². The summed E-state index contributed by atoms with van der Waals surface area (Å²) in [6, 6.07) is 15.6. The largest absolute Gasteiger partial charge is 0.243 e. The number of rotatable bonds is 7. The van der Waals surface area contributed by atoms with E-state index >= 15 is 0 Å². The number of halogens is 3. The van der Waals surface area contributed by atoms with Crippen LogP contribution in [0.3, 0.4) is 0 Å². The molecule has 0 amide bonds. The number of aromatic nitrogens is 4. The lowest BCUT2D eigenvalue weighted by Crippen LogP contribution is -2.30. The minimum Gasteiger partial charge on any atom is -0.207 e. The van der Waals surface area contributed by atoms with Crippen LogP contribution in [0.4, 0.5) is 8.78 Å². The van der Waals surface area contributed by atoms with E-state index in [0.29, 0.717) is 22.0 Å². The summed E-state index contributed by atoms with van der Waals surface area (Å²) in [5.41, 5.74) is 1.39. The zero-order valence-corrected chi connectivity index (χ0v) is 18.0. The second kappa shape index (κ2) is 9.11. The predicted octanol–water partition coefficient (Wildman–Crippen LogP) is 4.19. The lowest BCUT2D eigenvalue weighted by molar-refractivity contribution is 0.393. The summed E-state index contributed by atoms with van der Waals surface area (Å²) < 4.78 is 55.4. The quantitative estimate of drug-likeness (QED) is 0.432. The highest BCUT2D eigenvalue weighted by Crippen LogP contribution is 2.24. The highest BCUT2D eigenvalue weighted by molar-refractivity contribution is 7.89. The van der Waals surface area contributed by atoms with E-state index in [2.05, 4.69) is 20.6 Å². The van der Waals surface area contributed by atoms with E-state index in [1.165, 1.54) is 30.3 Å². The number of sulfonamides is 1. The molecular formula is C21H16ClF2N5O2S. The van der Waals surface area contributed by atoms with Gasteiger partial charge in [-0.1, -0.05) is 41.9 Å². The van der Waals surface area contributed by atoms with Gasteiger partial charge in [-0.2, -0.15) is 9.52 Å². The molecule has 4 aromatic rings. The van der Waals surface area contributed by atoms with Crippen LogP contribution in [0.25, 0.3) is 11.4 Å². The summed E-state index contributed by atoms with van der Waals surface area (Å²) in [6.45, 7) is -0.335. The second-order valence-electron chi connectivity index (χ2n) is 6.90. The summed E-state index contributed by atoms with van der Waals surface area (Å²) in [4.78, 5) is 0.00726. The van der Waals surface area contributed by atoms with Gasteiger partial charge in [0.1, 0.15) is 11.6 Å². The number of tetrazole rings is 1. The standard InChI is InChI=1S/C21H16ClF2N5O2S/c22-17-6-9-19(10-7-17)32(30,31)29(13-16-5-8-18(23)11-20(16)24)12-14-1-3-15(4-2-14)21-25-27-28-26-21/h1-11H,12-13H2,(H,25,26,27,28). The van der Waals surface area contributed by atoms with Crippen molar-refractivity contribution in [3.63, 3.8) is 0 Å². The topological polar surface area (TPSA) is 91.8 Å². The first-order valence-corrected chi connectivity index (χ1v) is 11.2. The molecule has 0 fully saturated rings. The zero-order valence-electron chi connectivity index (χ0n) is 16.4. The fourth-order valence-electron chi connectivity index (χ4n) is 3.07. The van der Waals surface area contributed by atoms with Gasteiger partial charge in [0.2, 0.25) is 15.8 Å². The molecule has 7 nitrogen and oxygen atoms in total. The molecule has 0 unspecified atom stereocenters. The van der Waals surface area contributed by atoms with Gasteiger partial charge in [0.25, 0.3) is 0 Å². The number of H-pyrrole nitrogens is 1. The minimum atomic E-state index is -4.02.